The van der Waals surface area contributed by atoms with Crippen molar-refractivity contribution in [1.82, 2.24) is 5.32 Å². The molecule has 17 heavy (non-hydrogen) atoms. The lowest BCUT2D eigenvalue weighted by atomic mass is 9.94. The number of phenols is 2. The third-order valence-corrected chi connectivity index (χ3v) is 3.07. The summed E-state index contributed by atoms with van der Waals surface area (Å²) in [5.74, 6) is -0.733. The fourth-order valence-corrected chi connectivity index (χ4v) is 2.18. The molecule has 5 heteroatoms. The molecule has 0 saturated carbocycles. The van der Waals surface area contributed by atoms with Crippen LogP contribution in [0.1, 0.15) is 28.3 Å². The van der Waals surface area contributed by atoms with Gasteiger partial charge in [-0.2, -0.15) is 0 Å². The Hall–Kier alpha value is -1.75. The summed E-state index contributed by atoms with van der Waals surface area (Å²) < 4.78 is 4.58. The number of rotatable bonds is 2. The minimum absolute atomic E-state index is 0.0175. The molecular formula is C12H15NO4. The topological polar surface area (TPSA) is 78.8 Å². The molecule has 0 amide bonds. The van der Waals surface area contributed by atoms with E-state index in [0.29, 0.717) is 12.1 Å². The second kappa shape index (κ2) is 4.63. The number of esters is 1. The number of hydrogen-bond acceptors (Lipinski definition) is 5. The molecule has 0 aromatic heterocycles. The first-order chi connectivity index (χ1) is 8.15. The summed E-state index contributed by atoms with van der Waals surface area (Å²) in [6, 6.07) is 2.78. The quantitative estimate of drug-likeness (QED) is 0.668. The third-order valence-electron chi connectivity index (χ3n) is 3.07. The molecule has 0 bridgehead atoms. The van der Waals surface area contributed by atoms with E-state index in [1.54, 1.807) is 0 Å². The van der Waals surface area contributed by atoms with Gasteiger partial charge in [0.1, 0.15) is 17.1 Å². The number of nitrogens with one attached hydrogen (secondary N) is 1. The summed E-state index contributed by atoms with van der Waals surface area (Å²) in [5.41, 5.74) is 0.519. The van der Waals surface area contributed by atoms with E-state index in [9.17, 15) is 15.0 Å². The molecular weight excluding hydrogens is 222 g/mol. The Morgan fingerprint density at radius 3 is 2.82 bits per heavy atom. The van der Waals surface area contributed by atoms with Crippen molar-refractivity contribution in [3.05, 3.63) is 23.3 Å². The summed E-state index contributed by atoms with van der Waals surface area (Å²) in [5, 5.41) is 23.0. The molecule has 3 N–H and O–H groups in total. The van der Waals surface area contributed by atoms with Gasteiger partial charge in [0.05, 0.1) is 7.11 Å². The third kappa shape index (κ3) is 2.06. The number of carbonyl (C=O) groups is 1. The summed E-state index contributed by atoms with van der Waals surface area (Å²) >= 11 is 0. The maximum Gasteiger partial charge on any atom is 0.341 e. The molecule has 1 fully saturated rings. The zero-order chi connectivity index (χ0) is 12.4. The van der Waals surface area contributed by atoms with Crippen LogP contribution in [0.3, 0.4) is 0 Å². The van der Waals surface area contributed by atoms with Gasteiger partial charge in [-0.25, -0.2) is 4.79 Å². The first-order valence-corrected chi connectivity index (χ1v) is 5.49. The van der Waals surface area contributed by atoms with Crippen LogP contribution < -0.4 is 5.32 Å². The number of aromatic hydroxyl groups is 2. The van der Waals surface area contributed by atoms with Gasteiger partial charge >= 0.3 is 5.97 Å². The molecule has 2 rings (SSSR count). The van der Waals surface area contributed by atoms with Gasteiger partial charge < -0.3 is 20.3 Å². The average Bonchev–Trinajstić information content (AvgIpc) is 2.82. The zero-order valence-corrected chi connectivity index (χ0v) is 9.56. The summed E-state index contributed by atoms with van der Waals surface area (Å²) in [6.07, 6.45) is 0.825. The van der Waals surface area contributed by atoms with E-state index in [1.807, 2.05) is 0 Å². The Morgan fingerprint density at radius 1 is 1.47 bits per heavy atom. The van der Waals surface area contributed by atoms with Crippen LogP contribution in [0.15, 0.2) is 12.1 Å². The standard InChI is InChI=1S/C12H15NO4/c1-17-12(16)8-2-3-9(14)10(11(8)15)7-4-5-13-6-7/h2-3,7,13-15H,4-6H2,1H3. The van der Waals surface area contributed by atoms with Crippen molar-refractivity contribution in [2.45, 2.75) is 12.3 Å². The predicted molar refractivity (Wildman–Crippen MR) is 61.3 cm³/mol. The first-order valence-electron chi connectivity index (χ1n) is 5.49. The maximum absolute atomic E-state index is 11.4. The SMILES string of the molecule is COC(=O)c1ccc(O)c(C2CCNC2)c1O. The van der Waals surface area contributed by atoms with Crippen LogP contribution in [-0.4, -0.2) is 36.4 Å². The van der Waals surface area contributed by atoms with E-state index < -0.39 is 5.97 Å². The number of carbonyl (C=O) groups excluding carboxylic acids is 1. The van der Waals surface area contributed by atoms with Crippen molar-refractivity contribution in [3.8, 4) is 11.5 Å². The van der Waals surface area contributed by atoms with Gasteiger partial charge in [0.2, 0.25) is 0 Å². The van der Waals surface area contributed by atoms with Crippen molar-refractivity contribution < 1.29 is 19.7 Å². The Kier molecular flexibility index (Phi) is 3.19. The molecule has 5 nitrogen and oxygen atoms in total. The van der Waals surface area contributed by atoms with Crippen LogP contribution in [0.5, 0.6) is 11.5 Å². The molecule has 0 aliphatic carbocycles. The molecule has 1 unspecified atom stereocenters. The summed E-state index contributed by atoms with van der Waals surface area (Å²) in [6.45, 7) is 1.53. The van der Waals surface area contributed by atoms with Gasteiger partial charge in [0, 0.05) is 18.0 Å². The van der Waals surface area contributed by atoms with Gasteiger partial charge in [0.15, 0.2) is 0 Å². The molecule has 92 valence electrons. The van der Waals surface area contributed by atoms with E-state index in [4.69, 9.17) is 0 Å². The highest BCUT2D eigenvalue weighted by Crippen LogP contribution is 2.39. The smallest absolute Gasteiger partial charge is 0.341 e. The number of phenolic OH excluding ortho intramolecular Hbond substituents is 2. The second-order valence-electron chi connectivity index (χ2n) is 4.08. The van der Waals surface area contributed by atoms with Gasteiger partial charge in [-0.15, -0.1) is 0 Å². The molecule has 1 aromatic rings. The van der Waals surface area contributed by atoms with Gasteiger partial charge in [-0.05, 0) is 25.1 Å². The normalized spacial score (nSPS) is 19.2. The van der Waals surface area contributed by atoms with Crippen molar-refractivity contribution in [2.75, 3.05) is 20.2 Å². The molecule has 1 atom stereocenters. The molecule has 1 aliphatic heterocycles. The molecule has 0 radical (unpaired) electrons. The van der Waals surface area contributed by atoms with Crippen molar-refractivity contribution in [1.29, 1.82) is 0 Å². The lowest BCUT2D eigenvalue weighted by Crippen LogP contribution is -2.09. The number of ether oxygens (including phenoxy) is 1. The minimum atomic E-state index is -0.602. The lowest BCUT2D eigenvalue weighted by Gasteiger charge is -2.15. The van der Waals surface area contributed by atoms with E-state index in [1.165, 1.54) is 19.2 Å². The largest absolute Gasteiger partial charge is 0.508 e. The number of benzene rings is 1. The van der Waals surface area contributed by atoms with E-state index >= 15 is 0 Å². The monoisotopic (exact) mass is 237 g/mol. The van der Waals surface area contributed by atoms with Gasteiger partial charge in [-0.1, -0.05) is 0 Å². The van der Waals surface area contributed by atoms with Crippen molar-refractivity contribution in [2.24, 2.45) is 0 Å². The van der Waals surface area contributed by atoms with Gasteiger partial charge in [-0.3, -0.25) is 0 Å². The molecule has 0 spiro atoms. The minimum Gasteiger partial charge on any atom is -0.508 e. The van der Waals surface area contributed by atoms with E-state index in [0.717, 1.165) is 13.0 Å². The van der Waals surface area contributed by atoms with Crippen LogP contribution in [0, 0.1) is 0 Å². The van der Waals surface area contributed by atoms with Crippen molar-refractivity contribution in [3.63, 3.8) is 0 Å². The van der Waals surface area contributed by atoms with E-state index in [-0.39, 0.29) is 23.0 Å². The number of methoxy groups -OCH3 is 1. The summed E-state index contributed by atoms with van der Waals surface area (Å²) in [4.78, 5) is 11.4. The average molecular weight is 237 g/mol. The Balaban J connectivity index is 2.46. The van der Waals surface area contributed by atoms with Crippen molar-refractivity contribution >= 4 is 5.97 Å². The number of hydrogen-bond donors (Lipinski definition) is 3. The van der Waals surface area contributed by atoms with Crippen LogP contribution in [-0.2, 0) is 4.74 Å². The van der Waals surface area contributed by atoms with Gasteiger partial charge in [0.25, 0.3) is 0 Å². The fraction of sp³-hybridized carbons (Fsp3) is 0.417. The molecule has 1 aliphatic rings. The first kappa shape index (κ1) is 11.7. The second-order valence-corrected chi connectivity index (χ2v) is 4.08. The Morgan fingerprint density at radius 2 is 2.24 bits per heavy atom. The predicted octanol–water partition coefficient (Wildman–Crippen LogP) is 0.961. The molecule has 1 saturated heterocycles. The Labute approximate surface area is 99.0 Å². The lowest BCUT2D eigenvalue weighted by molar-refractivity contribution is 0.0597. The van der Waals surface area contributed by atoms with Crippen LogP contribution in [0.25, 0.3) is 0 Å². The highest BCUT2D eigenvalue weighted by Gasteiger charge is 2.26. The maximum atomic E-state index is 11.4. The highest BCUT2D eigenvalue weighted by molar-refractivity contribution is 5.93. The fourth-order valence-electron chi connectivity index (χ4n) is 2.18. The summed E-state index contributed by atoms with van der Waals surface area (Å²) in [7, 11) is 1.26. The molecule has 1 aromatic carbocycles. The Bertz CT molecular complexity index is 438. The van der Waals surface area contributed by atoms with Crippen LogP contribution in [0.2, 0.25) is 0 Å². The highest BCUT2D eigenvalue weighted by atomic mass is 16.5. The molecule has 1 heterocycles. The van der Waals surface area contributed by atoms with Crippen LogP contribution in [0.4, 0.5) is 0 Å². The van der Waals surface area contributed by atoms with Crippen LogP contribution >= 0.6 is 0 Å². The zero-order valence-electron chi connectivity index (χ0n) is 9.56. The van der Waals surface area contributed by atoms with E-state index in [2.05, 4.69) is 10.1 Å².